The van der Waals surface area contributed by atoms with Gasteiger partial charge >= 0.3 is 0 Å². The summed E-state index contributed by atoms with van der Waals surface area (Å²) in [5.41, 5.74) is 7.88. The number of amides is 1. The summed E-state index contributed by atoms with van der Waals surface area (Å²) in [6.45, 7) is 0.0287. The van der Waals surface area contributed by atoms with Gasteiger partial charge in [0.05, 0.1) is 17.0 Å². The molecule has 1 amide bonds. The third-order valence-corrected chi connectivity index (χ3v) is 5.93. The monoisotopic (exact) mass is 487 g/mol. The van der Waals surface area contributed by atoms with Crippen LogP contribution in [0.25, 0.3) is 22.1 Å². The van der Waals surface area contributed by atoms with Crippen molar-refractivity contribution < 1.29 is 19.1 Å². The molecule has 1 saturated carbocycles. The molecule has 0 atom stereocenters. The Bertz CT molecular complexity index is 1480. The molecule has 3 aromatic heterocycles. The Morgan fingerprint density at radius 1 is 1.17 bits per heavy atom. The molecule has 0 aliphatic heterocycles. The van der Waals surface area contributed by atoms with Gasteiger partial charge in [0.25, 0.3) is 5.91 Å². The van der Waals surface area contributed by atoms with Gasteiger partial charge in [0.1, 0.15) is 13.2 Å². The number of rotatable bonds is 9. The molecular weight excluding hydrogens is 462 g/mol. The second-order valence-corrected chi connectivity index (χ2v) is 8.58. The number of benzene rings is 1. The van der Waals surface area contributed by atoms with Crippen LogP contribution in [0.2, 0.25) is 0 Å². The largest absolute Gasteiger partial charge is 0.470 e. The van der Waals surface area contributed by atoms with E-state index in [-0.39, 0.29) is 36.4 Å². The first-order valence-electron chi connectivity index (χ1n) is 11.4. The Morgan fingerprint density at radius 3 is 2.64 bits per heavy atom. The first kappa shape index (κ1) is 23.4. The van der Waals surface area contributed by atoms with Crippen LogP contribution in [0.1, 0.15) is 34.7 Å². The molecule has 5 rings (SSSR count). The van der Waals surface area contributed by atoms with E-state index in [1.165, 1.54) is 17.7 Å². The molecule has 11 heteroatoms. The van der Waals surface area contributed by atoms with Crippen LogP contribution in [0.4, 0.5) is 0 Å². The van der Waals surface area contributed by atoms with Gasteiger partial charge in [-0.1, -0.05) is 18.2 Å². The summed E-state index contributed by atoms with van der Waals surface area (Å²) in [5, 5.41) is 14.4. The van der Waals surface area contributed by atoms with E-state index in [2.05, 4.69) is 20.3 Å². The summed E-state index contributed by atoms with van der Waals surface area (Å²) in [5.74, 6) is 0.196. The lowest BCUT2D eigenvalue weighted by molar-refractivity contribution is -0.117. The Kier molecular flexibility index (Phi) is 6.30. The number of ether oxygens (including phenoxy) is 2. The van der Waals surface area contributed by atoms with Crippen LogP contribution in [0, 0.1) is 0 Å². The lowest BCUT2D eigenvalue weighted by atomic mass is 10.2. The van der Waals surface area contributed by atoms with Crippen LogP contribution < -0.4 is 10.5 Å². The third-order valence-electron chi connectivity index (χ3n) is 5.93. The van der Waals surface area contributed by atoms with E-state index in [1.54, 1.807) is 23.2 Å². The average Bonchev–Trinajstić information content (AvgIpc) is 3.65. The number of hydrogen-bond donors (Lipinski definition) is 1. The maximum atomic E-state index is 12.5. The van der Waals surface area contributed by atoms with Crippen LogP contribution in [0.3, 0.4) is 0 Å². The van der Waals surface area contributed by atoms with Crippen LogP contribution in [-0.2, 0) is 16.1 Å². The van der Waals surface area contributed by atoms with Crippen LogP contribution in [0.15, 0.2) is 48.7 Å². The number of ketones is 1. The number of methoxy groups -OCH3 is 1. The highest BCUT2D eigenvalue weighted by Crippen LogP contribution is 2.28. The second kappa shape index (κ2) is 9.70. The van der Waals surface area contributed by atoms with Crippen molar-refractivity contribution in [2.24, 2.45) is 5.73 Å². The molecule has 0 bridgehead atoms. The van der Waals surface area contributed by atoms with E-state index in [1.807, 2.05) is 31.3 Å². The van der Waals surface area contributed by atoms with Crippen molar-refractivity contribution in [3.05, 3.63) is 65.8 Å². The number of carbonyl (C=O) groups excluding carboxylic acids is 2. The van der Waals surface area contributed by atoms with Gasteiger partial charge < -0.3 is 20.1 Å². The van der Waals surface area contributed by atoms with Crippen molar-refractivity contribution in [3.8, 4) is 5.88 Å². The van der Waals surface area contributed by atoms with Crippen LogP contribution >= 0.6 is 0 Å². The number of carbonyl (C=O) groups is 2. The highest BCUT2D eigenvalue weighted by atomic mass is 16.5. The highest BCUT2D eigenvalue weighted by molar-refractivity contribution is 5.98. The number of hydrogen-bond acceptors (Lipinski definition) is 9. The number of fused-ring (bicyclic) bond motifs is 3. The smallest absolute Gasteiger partial charge is 0.255 e. The fourth-order valence-electron chi connectivity index (χ4n) is 3.87. The molecular formula is C25H25N7O4. The van der Waals surface area contributed by atoms with E-state index in [9.17, 15) is 9.59 Å². The summed E-state index contributed by atoms with van der Waals surface area (Å²) >= 11 is 0. The number of nitrogens with zero attached hydrogens (tertiary/aromatic N) is 6. The Labute approximate surface area is 206 Å². The zero-order valence-corrected chi connectivity index (χ0v) is 19.9. The van der Waals surface area contributed by atoms with E-state index in [0.29, 0.717) is 28.8 Å². The Hall–Kier alpha value is -4.38. The second-order valence-electron chi connectivity index (χ2n) is 8.58. The lowest BCUT2D eigenvalue weighted by Gasteiger charge is -2.16. The highest BCUT2D eigenvalue weighted by Gasteiger charge is 2.30. The SMILES string of the molecule is COCC(=O)C=C(N)c1nnc2c3ccccc3c(OCc3ccc(C(=O)N(C)C4CC4)cn3)nn12. The molecule has 0 unspecified atom stereocenters. The molecule has 184 valence electrons. The summed E-state index contributed by atoms with van der Waals surface area (Å²) < 4.78 is 12.3. The quantitative estimate of drug-likeness (QED) is 0.351. The summed E-state index contributed by atoms with van der Waals surface area (Å²) in [7, 11) is 3.25. The van der Waals surface area contributed by atoms with Gasteiger partial charge in [-0.25, -0.2) is 0 Å². The number of nitrogens with two attached hydrogens (primary N) is 1. The summed E-state index contributed by atoms with van der Waals surface area (Å²) in [6, 6.07) is 11.3. The molecule has 3 heterocycles. The molecule has 0 spiro atoms. The first-order valence-corrected chi connectivity index (χ1v) is 11.4. The van der Waals surface area contributed by atoms with Crippen molar-refractivity contribution >= 4 is 33.8 Å². The minimum Gasteiger partial charge on any atom is -0.470 e. The first-order chi connectivity index (χ1) is 17.5. The zero-order valence-electron chi connectivity index (χ0n) is 19.9. The van der Waals surface area contributed by atoms with Gasteiger partial charge in [-0.3, -0.25) is 14.6 Å². The fraction of sp³-hybridized carbons (Fsp3) is 0.280. The predicted molar refractivity (Wildman–Crippen MR) is 131 cm³/mol. The van der Waals surface area contributed by atoms with Gasteiger partial charge in [-0.15, -0.1) is 15.3 Å². The van der Waals surface area contributed by atoms with Crippen molar-refractivity contribution in [1.29, 1.82) is 0 Å². The van der Waals surface area contributed by atoms with Gasteiger partial charge in [-0.2, -0.15) is 4.52 Å². The molecule has 11 nitrogen and oxygen atoms in total. The van der Waals surface area contributed by atoms with Gasteiger partial charge in [0, 0.05) is 43.2 Å². The van der Waals surface area contributed by atoms with E-state index >= 15 is 0 Å². The van der Waals surface area contributed by atoms with E-state index in [0.717, 1.165) is 23.6 Å². The minimum absolute atomic E-state index is 0.0367. The normalized spacial score (nSPS) is 13.8. The Morgan fingerprint density at radius 2 is 1.94 bits per heavy atom. The van der Waals surface area contributed by atoms with Crippen molar-refractivity contribution in [1.82, 2.24) is 29.7 Å². The van der Waals surface area contributed by atoms with Crippen LogP contribution in [0.5, 0.6) is 5.88 Å². The average molecular weight is 488 g/mol. The van der Waals surface area contributed by atoms with Gasteiger partial charge in [-0.05, 0) is 31.0 Å². The minimum atomic E-state index is -0.305. The molecule has 1 aromatic carbocycles. The molecule has 36 heavy (non-hydrogen) atoms. The van der Waals surface area contributed by atoms with E-state index in [4.69, 9.17) is 15.2 Å². The maximum absolute atomic E-state index is 12.5. The standard InChI is InChI=1S/C25H25N7O4/c1-31(17-9-10-17)25(34)15-7-8-16(27-12-15)13-36-24-20-6-4-3-5-19(20)22-28-29-23(32(22)30-24)21(26)11-18(33)14-35-2/h3-8,11-12,17H,9-10,13-14,26H2,1-2H3. The van der Waals surface area contributed by atoms with Gasteiger partial charge in [0.2, 0.25) is 11.7 Å². The molecule has 0 radical (unpaired) electrons. The molecule has 1 aliphatic rings. The zero-order chi connectivity index (χ0) is 25.2. The third kappa shape index (κ3) is 4.60. The number of pyridine rings is 1. The molecule has 4 aromatic rings. The van der Waals surface area contributed by atoms with E-state index < -0.39 is 0 Å². The summed E-state index contributed by atoms with van der Waals surface area (Å²) in [4.78, 5) is 30.6. The van der Waals surface area contributed by atoms with Crippen LogP contribution in [-0.4, -0.2) is 68.2 Å². The molecule has 1 fully saturated rings. The summed E-state index contributed by atoms with van der Waals surface area (Å²) in [6.07, 6.45) is 4.90. The molecule has 0 saturated heterocycles. The van der Waals surface area contributed by atoms with Crippen molar-refractivity contribution in [2.75, 3.05) is 20.8 Å². The fourth-order valence-corrected chi connectivity index (χ4v) is 3.87. The molecule has 1 aliphatic carbocycles. The number of aromatic nitrogens is 5. The van der Waals surface area contributed by atoms with Gasteiger partial charge in [0.15, 0.2) is 11.4 Å². The van der Waals surface area contributed by atoms with Crippen molar-refractivity contribution in [2.45, 2.75) is 25.5 Å². The Balaban J connectivity index is 1.42. The predicted octanol–water partition coefficient (Wildman–Crippen LogP) is 2.00. The topological polar surface area (TPSA) is 138 Å². The molecule has 2 N–H and O–H groups in total. The maximum Gasteiger partial charge on any atom is 0.255 e. The van der Waals surface area contributed by atoms with Crippen molar-refractivity contribution in [3.63, 3.8) is 0 Å². The lowest BCUT2D eigenvalue weighted by Crippen LogP contribution is -2.28.